The topological polar surface area (TPSA) is 42.4 Å². The molecule has 0 saturated carbocycles. The van der Waals surface area contributed by atoms with E-state index in [2.05, 4.69) is 18.0 Å². The maximum Gasteiger partial charge on any atom is 0.253 e. The highest BCUT2D eigenvalue weighted by Gasteiger charge is 2.24. The fourth-order valence-electron chi connectivity index (χ4n) is 3.28. The first-order valence-corrected chi connectivity index (χ1v) is 8.63. The lowest BCUT2D eigenvalue weighted by atomic mass is 9.90. The van der Waals surface area contributed by atoms with Crippen molar-refractivity contribution in [3.63, 3.8) is 0 Å². The van der Waals surface area contributed by atoms with Gasteiger partial charge >= 0.3 is 0 Å². The van der Waals surface area contributed by atoms with E-state index in [-0.39, 0.29) is 11.8 Å². The molecule has 3 aromatic rings. The monoisotopic (exact) mass is 344 g/mol. The van der Waals surface area contributed by atoms with Crippen LogP contribution < -0.4 is 4.74 Å². The SMILES string of the molecule is CC1c2ccccc2Oc2cc(-c3ccc(C(=O)N(C)C)cc3)ncc21. The first kappa shape index (κ1) is 16.3. The number of nitrogens with zero attached hydrogens (tertiary/aromatic N) is 2. The van der Waals surface area contributed by atoms with Gasteiger partial charge in [0.2, 0.25) is 0 Å². The molecule has 0 saturated heterocycles. The van der Waals surface area contributed by atoms with Crippen LogP contribution in [0.5, 0.6) is 11.5 Å². The number of carbonyl (C=O) groups is 1. The van der Waals surface area contributed by atoms with E-state index >= 15 is 0 Å². The van der Waals surface area contributed by atoms with Crippen molar-refractivity contribution in [2.45, 2.75) is 12.8 Å². The largest absolute Gasteiger partial charge is 0.457 e. The van der Waals surface area contributed by atoms with Crippen LogP contribution >= 0.6 is 0 Å². The number of fused-ring (bicyclic) bond motifs is 2. The summed E-state index contributed by atoms with van der Waals surface area (Å²) < 4.78 is 6.10. The van der Waals surface area contributed by atoms with E-state index in [4.69, 9.17) is 4.74 Å². The van der Waals surface area contributed by atoms with Crippen LogP contribution in [0.15, 0.2) is 60.8 Å². The fourth-order valence-corrected chi connectivity index (χ4v) is 3.28. The second kappa shape index (κ2) is 6.30. The van der Waals surface area contributed by atoms with Gasteiger partial charge in [-0.2, -0.15) is 0 Å². The molecule has 0 radical (unpaired) electrons. The molecular weight excluding hydrogens is 324 g/mol. The Kier molecular flexibility index (Phi) is 3.96. The molecule has 1 aromatic heterocycles. The molecule has 0 bridgehead atoms. The van der Waals surface area contributed by atoms with Crippen LogP contribution in [-0.2, 0) is 0 Å². The lowest BCUT2D eigenvalue weighted by Gasteiger charge is -2.25. The van der Waals surface area contributed by atoms with Crippen LogP contribution in [0.25, 0.3) is 11.3 Å². The van der Waals surface area contributed by atoms with E-state index in [1.165, 1.54) is 5.56 Å². The molecule has 1 atom stereocenters. The van der Waals surface area contributed by atoms with Gasteiger partial charge in [0, 0.05) is 54.5 Å². The van der Waals surface area contributed by atoms with E-state index in [9.17, 15) is 4.79 Å². The van der Waals surface area contributed by atoms with Gasteiger partial charge in [-0.3, -0.25) is 9.78 Å². The summed E-state index contributed by atoms with van der Waals surface area (Å²) in [7, 11) is 3.50. The van der Waals surface area contributed by atoms with Crippen molar-refractivity contribution in [2.24, 2.45) is 0 Å². The van der Waals surface area contributed by atoms with Crippen LogP contribution in [0.4, 0.5) is 0 Å². The molecule has 0 fully saturated rings. The number of aromatic nitrogens is 1. The molecule has 0 N–H and O–H groups in total. The van der Waals surface area contributed by atoms with Gasteiger partial charge in [0.05, 0.1) is 5.69 Å². The number of benzene rings is 2. The van der Waals surface area contributed by atoms with Crippen molar-refractivity contribution in [2.75, 3.05) is 14.1 Å². The average molecular weight is 344 g/mol. The molecule has 4 rings (SSSR count). The summed E-state index contributed by atoms with van der Waals surface area (Å²) in [5.74, 6) is 1.98. The molecule has 4 nitrogen and oxygen atoms in total. The molecule has 0 aliphatic carbocycles. The lowest BCUT2D eigenvalue weighted by molar-refractivity contribution is 0.0827. The third-order valence-corrected chi connectivity index (χ3v) is 4.80. The first-order chi connectivity index (χ1) is 12.5. The van der Waals surface area contributed by atoms with Gasteiger partial charge in [0.1, 0.15) is 11.5 Å². The van der Waals surface area contributed by atoms with Crippen molar-refractivity contribution in [3.05, 3.63) is 77.5 Å². The number of hydrogen-bond acceptors (Lipinski definition) is 3. The molecule has 130 valence electrons. The van der Waals surface area contributed by atoms with Gasteiger partial charge in [0.15, 0.2) is 0 Å². The van der Waals surface area contributed by atoms with Crippen LogP contribution in [0.3, 0.4) is 0 Å². The number of amides is 1. The summed E-state index contributed by atoms with van der Waals surface area (Å²) in [5, 5.41) is 0. The second-order valence-corrected chi connectivity index (χ2v) is 6.75. The minimum Gasteiger partial charge on any atom is -0.457 e. The predicted molar refractivity (Wildman–Crippen MR) is 102 cm³/mol. The summed E-state index contributed by atoms with van der Waals surface area (Å²) in [6.45, 7) is 2.17. The Morgan fingerprint density at radius 3 is 2.46 bits per heavy atom. The number of carbonyl (C=O) groups excluding carboxylic acids is 1. The molecule has 4 heteroatoms. The zero-order chi connectivity index (χ0) is 18.3. The zero-order valence-electron chi connectivity index (χ0n) is 15.1. The van der Waals surface area contributed by atoms with Crippen molar-refractivity contribution >= 4 is 5.91 Å². The van der Waals surface area contributed by atoms with Crippen LogP contribution in [0, 0.1) is 0 Å². The lowest BCUT2D eigenvalue weighted by Crippen LogP contribution is -2.21. The van der Waals surface area contributed by atoms with Gasteiger partial charge in [-0.25, -0.2) is 0 Å². The highest BCUT2D eigenvalue weighted by molar-refractivity contribution is 5.94. The molecule has 0 spiro atoms. The molecule has 2 heterocycles. The first-order valence-electron chi connectivity index (χ1n) is 8.63. The summed E-state index contributed by atoms with van der Waals surface area (Å²) in [6.07, 6.45) is 1.89. The predicted octanol–water partition coefficient (Wildman–Crippen LogP) is 4.71. The van der Waals surface area contributed by atoms with E-state index in [0.29, 0.717) is 5.56 Å². The summed E-state index contributed by atoms with van der Waals surface area (Å²) in [6, 6.07) is 17.6. The molecule has 2 aromatic carbocycles. The Labute approximate surface area is 153 Å². The minimum atomic E-state index is -0.0104. The van der Waals surface area contributed by atoms with Crippen molar-refractivity contribution in [3.8, 4) is 22.8 Å². The molecule has 26 heavy (non-hydrogen) atoms. The van der Waals surface area contributed by atoms with Gasteiger partial charge in [-0.15, -0.1) is 0 Å². The Morgan fingerprint density at radius 2 is 1.73 bits per heavy atom. The van der Waals surface area contributed by atoms with Crippen molar-refractivity contribution in [1.29, 1.82) is 0 Å². The van der Waals surface area contributed by atoms with E-state index in [0.717, 1.165) is 28.3 Å². The third kappa shape index (κ3) is 2.73. The number of ether oxygens (including phenoxy) is 1. The molecule has 1 unspecified atom stereocenters. The molecule has 1 aliphatic rings. The standard InChI is InChI=1S/C22H20N2O2/c1-14-17-6-4-5-7-20(17)26-21-12-19(23-13-18(14)21)15-8-10-16(11-9-15)22(25)24(2)3/h4-14H,1-3H3. The maximum absolute atomic E-state index is 12.0. The van der Waals surface area contributed by atoms with Crippen LogP contribution in [0.2, 0.25) is 0 Å². The quantitative estimate of drug-likeness (QED) is 0.676. The van der Waals surface area contributed by atoms with Crippen LogP contribution in [-0.4, -0.2) is 29.9 Å². The van der Waals surface area contributed by atoms with Gasteiger partial charge in [-0.1, -0.05) is 37.3 Å². The number of hydrogen-bond donors (Lipinski definition) is 0. The fraction of sp³-hybridized carbons (Fsp3) is 0.182. The van der Waals surface area contributed by atoms with Crippen LogP contribution in [0.1, 0.15) is 34.3 Å². The third-order valence-electron chi connectivity index (χ3n) is 4.80. The summed E-state index contributed by atoms with van der Waals surface area (Å²) >= 11 is 0. The van der Waals surface area contributed by atoms with E-state index in [1.807, 2.05) is 54.7 Å². The second-order valence-electron chi connectivity index (χ2n) is 6.75. The van der Waals surface area contributed by atoms with E-state index < -0.39 is 0 Å². The Bertz CT molecular complexity index is 978. The van der Waals surface area contributed by atoms with Gasteiger partial charge in [0.25, 0.3) is 5.91 Å². The molecule has 1 aliphatic heterocycles. The highest BCUT2D eigenvalue weighted by atomic mass is 16.5. The minimum absolute atomic E-state index is 0.0104. The van der Waals surface area contributed by atoms with E-state index in [1.54, 1.807) is 19.0 Å². The Balaban J connectivity index is 1.68. The van der Waals surface area contributed by atoms with Gasteiger partial charge in [-0.05, 0) is 18.2 Å². The Morgan fingerprint density at radius 1 is 1.00 bits per heavy atom. The maximum atomic E-state index is 12.0. The Hall–Kier alpha value is -3.14. The summed E-state index contributed by atoms with van der Waals surface area (Å²) in [4.78, 5) is 18.2. The number of para-hydroxylation sites is 1. The summed E-state index contributed by atoms with van der Waals surface area (Å²) in [5.41, 5.74) is 4.72. The van der Waals surface area contributed by atoms with Crippen molar-refractivity contribution < 1.29 is 9.53 Å². The molecule has 1 amide bonds. The van der Waals surface area contributed by atoms with Crippen molar-refractivity contribution in [1.82, 2.24) is 9.88 Å². The van der Waals surface area contributed by atoms with Gasteiger partial charge < -0.3 is 9.64 Å². The zero-order valence-corrected chi connectivity index (χ0v) is 15.1. The molecular formula is C22H20N2O2. The smallest absolute Gasteiger partial charge is 0.253 e. The number of rotatable bonds is 2. The highest BCUT2D eigenvalue weighted by Crippen LogP contribution is 2.44. The number of pyridine rings is 1. The average Bonchev–Trinajstić information content (AvgIpc) is 2.67. The normalized spacial score (nSPS) is 14.8.